The smallest absolute Gasteiger partial charge is 0.353 e. The van der Waals surface area contributed by atoms with E-state index >= 15 is 0 Å². The summed E-state index contributed by atoms with van der Waals surface area (Å²) in [5.74, 6) is 2.36. The standard InChI is InChI=1S/C28H50NO5PSi/c1-9-12-13-14-15-16-27(30)29-25(21-22-35(31,32-10-2)33-11-3)23-24-17-19-26(20-18-24)34-36(7,8)28(4,5)6/h17-22,25H,9-16,23H2,1-8H3,(H,29,30)/b22-21+/t25-/m0/s1. The highest BCUT2D eigenvalue weighted by Crippen LogP contribution is 2.49. The second kappa shape index (κ2) is 15.8. The van der Waals surface area contributed by atoms with E-state index in [4.69, 9.17) is 13.5 Å². The van der Waals surface area contributed by atoms with Gasteiger partial charge in [-0.25, -0.2) is 0 Å². The molecule has 1 atom stereocenters. The van der Waals surface area contributed by atoms with Crippen LogP contribution in [0.1, 0.15) is 85.6 Å². The van der Waals surface area contributed by atoms with Crippen LogP contribution in [0.2, 0.25) is 18.1 Å². The Bertz CT molecular complexity index is 838. The van der Waals surface area contributed by atoms with Gasteiger partial charge in [0, 0.05) is 12.2 Å². The van der Waals surface area contributed by atoms with Crippen molar-refractivity contribution < 1.29 is 22.8 Å². The lowest BCUT2D eigenvalue weighted by molar-refractivity contribution is -0.121. The third-order valence-electron chi connectivity index (χ3n) is 6.53. The summed E-state index contributed by atoms with van der Waals surface area (Å²) >= 11 is 0. The largest absolute Gasteiger partial charge is 0.544 e. The summed E-state index contributed by atoms with van der Waals surface area (Å²) in [6, 6.07) is 7.74. The van der Waals surface area contributed by atoms with E-state index in [1.165, 1.54) is 18.7 Å². The lowest BCUT2D eigenvalue weighted by Gasteiger charge is -2.36. The molecule has 0 saturated heterocycles. The molecule has 0 spiro atoms. The van der Waals surface area contributed by atoms with Crippen molar-refractivity contribution in [1.82, 2.24) is 5.32 Å². The minimum Gasteiger partial charge on any atom is -0.544 e. The van der Waals surface area contributed by atoms with Gasteiger partial charge in [0.05, 0.1) is 19.3 Å². The van der Waals surface area contributed by atoms with E-state index < -0.39 is 15.9 Å². The molecule has 206 valence electrons. The highest BCUT2D eigenvalue weighted by Gasteiger charge is 2.38. The number of benzene rings is 1. The number of hydrogen-bond donors (Lipinski definition) is 1. The van der Waals surface area contributed by atoms with Gasteiger partial charge < -0.3 is 18.8 Å². The van der Waals surface area contributed by atoms with Crippen LogP contribution < -0.4 is 9.74 Å². The van der Waals surface area contributed by atoms with E-state index in [0.29, 0.717) is 12.8 Å². The van der Waals surface area contributed by atoms with Gasteiger partial charge in [-0.05, 0) is 62.5 Å². The monoisotopic (exact) mass is 539 g/mol. The molecule has 36 heavy (non-hydrogen) atoms. The predicted molar refractivity (Wildman–Crippen MR) is 153 cm³/mol. The highest BCUT2D eigenvalue weighted by molar-refractivity contribution is 7.57. The molecular weight excluding hydrogens is 489 g/mol. The summed E-state index contributed by atoms with van der Waals surface area (Å²) < 4.78 is 30.1. The second-order valence-corrected chi connectivity index (χ2v) is 17.4. The first-order valence-corrected chi connectivity index (χ1v) is 18.0. The molecule has 6 nitrogen and oxygen atoms in total. The van der Waals surface area contributed by atoms with Crippen LogP contribution >= 0.6 is 7.60 Å². The van der Waals surface area contributed by atoms with Crippen LogP contribution in [0, 0.1) is 0 Å². The first-order valence-electron chi connectivity index (χ1n) is 13.5. The second-order valence-electron chi connectivity index (χ2n) is 10.8. The topological polar surface area (TPSA) is 73.9 Å². The van der Waals surface area contributed by atoms with Crippen molar-refractivity contribution >= 4 is 21.8 Å². The number of nitrogens with one attached hydrogen (secondary N) is 1. The van der Waals surface area contributed by atoms with Crippen molar-refractivity contribution in [3.63, 3.8) is 0 Å². The molecule has 0 saturated carbocycles. The SMILES string of the molecule is CCCCCCCC(=O)N[C@@H](/C=C/P(=O)(OCC)OCC)Cc1ccc(O[Si](C)(C)C(C)(C)C)cc1. The van der Waals surface area contributed by atoms with Gasteiger partial charge in [-0.3, -0.25) is 9.36 Å². The van der Waals surface area contributed by atoms with Crippen LogP contribution in [0.3, 0.4) is 0 Å². The molecule has 0 unspecified atom stereocenters. The van der Waals surface area contributed by atoms with E-state index in [1.807, 2.05) is 24.3 Å². The van der Waals surface area contributed by atoms with Gasteiger partial charge in [-0.1, -0.05) is 71.6 Å². The zero-order chi connectivity index (χ0) is 27.2. The molecule has 1 amide bonds. The Balaban J connectivity index is 2.96. The maximum Gasteiger partial charge on any atom is 0.353 e. The third kappa shape index (κ3) is 12.2. The van der Waals surface area contributed by atoms with Crippen LogP contribution in [-0.2, 0) is 24.8 Å². The maximum absolute atomic E-state index is 12.9. The fourth-order valence-corrected chi connectivity index (χ4v) is 5.84. The quantitative estimate of drug-likeness (QED) is 0.123. The summed E-state index contributed by atoms with van der Waals surface area (Å²) in [5.41, 5.74) is 1.05. The molecule has 0 aliphatic heterocycles. The normalized spacial score (nSPS) is 13.7. The van der Waals surface area contributed by atoms with Crippen LogP contribution in [0.5, 0.6) is 5.75 Å². The number of amides is 1. The summed E-state index contributed by atoms with van der Waals surface area (Å²) in [6.45, 7) is 17.4. The van der Waals surface area contributed by atoms with E-state index in [-0.39, 0.29) is 30.2 Å². The fourth-order valence-electron chi connectivity index (χ4n) is 3.42. The van der Waals surface area contributed by atoms with Crippen molar-refractivity contribution in [2.24, 2.45) is 0 Å². The van der Waals surface area contributed by atoms with E-state index in [0.717, 1.165) is 30.6 Å². The van der Waals surface area contributed by atoms with E-state index in [2.05, 4.69) is 46.1 Å². The Hall–Kier alpha value is -1.40. The molecular formula is C28H50NO5PSi. The molecule has 1 aromatic rings. The van der Waals surface area contributed by atoms with E-state index in [1.54, 1.807) is 19.9 Å². The number of rotatable bonds is 17. The molecule has 0 aromatic heterocycles. The third-order valence-corrected chi connectivity index (χ3v) is 12.7. The Morgan fingerprint density at radius 3 is 2.11 bits per heavy atom. The predicted octanol–water partition coefficient (Wildman–Crippen LogP) is 8.24. The van der Waals surface area contributed by atoms with Crippen molar-refractivity contribution in [2.45, 2.75) is 111 Å². The first-order chi connectivity index (χ1) is 16.9. The zero-order valence-corrected chi connectivity index (χ0v) is 25.8. The van der Waals surface area contributed by atoms with Crippen LogP contribution in [0.25, 0.3) is 0 Å². The molecule has 1 N–H and O–H groups in total. The van der Waals surface area contributed by atoms with Gasteiger partial charge in [0.1, 0.15) is 5.75 Å². The van der Waals surface area contributed by atoms with Gasteiger partial charge in [-0.2, -0.15) is 0 Å². The summed E-state index contributed by atoms with van der Waals surface area (Å²) in [6.07, 6.45) is 8.27. The van der Waals surface area contributed by atoms with Crippen molar-refractivity contribution in [3.05, 3.63) is 41.7 Å². The molecule has 0 bridgehead atoms. The Morgan fingerprint density at radius 2 is 1.58 bits per heavy atom. The molecule has 0 fully saturated rings. The van der Waals surface area contributed by atoms with Crippen molar-refractivity contribution in [3.8, 4) is 5.75 Å². The lowest BCUT2D eigenvalue weighted by atomic mass is 10.1. The van der Waals surface area contributed by atoms with Crippen LogP contribution in [-0.4, -0.2) is 33.5 Å². The fraction of sp³-hybridized carbons (Fsp3) is 0.679. The van der Waals surface area contributed by atoms with E-state index in [9.17, 15) is 9.36 Å². The molecule has 1 aromatic carbocycles. The van der Waals surface area contributed by atoms with Crippen molar-refractivity contribution in [2.75, 3.05) is 13.2 Å². The molecule has 0 heterocycles. The molecule has 1 rings (SSSR count). The highest BCUT2D eigenvalue weighted by atomic mass is 31.2. The molecule has 0 aliphatic rings. The number of carbonyl (C=O) groups excluding carboxylic acids is 1. The lowest BCUT2D eigenvalue weighted by Crippen LogP contribution is -2.43. The van der Waals surface area contributed by atoms with Crippen LogP contribution in [0.15, 0.2) is 36.2 Å². The number of carbonyl (C=O) groups is 1. The first kappa shape index (κ1) is 32.6. The Labute approximate surface area is 221 Å². The average molecular weight is 540 g/mol. The maximum atomic E-state index is 12.9. The van der Waals surface area contributed by atoms with Gasteiger partial charge in [0.25, 0.3) is 0 Å². The Kier molecular flexibility index (Phi) is 14.3. The average Bonchev–Trinajstić information content (AvgIpc) is 2.78. The van der Waals surface area contributed by atoms with Gasteiger partial charge in [0.15, 0.2) is 0 Å². The molecule has 0 radical (unpaired) electrons. The zero-order valence-electron chi connectivity index (χ0n) is 23.9. The summed E-state index contributed by atoms with van der Waals surface area (Å²) in [4.78, 5) is 12.7. The number of hydrogen-bond acceptors (Lipinski definition) is 5. The molecule has 8 heteroatoms. The molecule has 0 aliphatic carbocycles. The van der Waals surface area contributed by atoms with Gasteiger partial charge >= 0.3 is 7.60 Å². The van der Waals surface area contributed by atoms with Gasteiger partial charge in [0.2, 0.25) is 14.2 Å². The van der Waals surface area contributed by atoms with Gasteiger partial charge in [-0.15, -0.1) is 0 Å². The van der Waals surface area contributed by atoms with Crippen LogP contribution in [0.4, 0.5) is 0 Å². The number of unbranched alkanes of at least 4 members (excludes halogenated alkanes) is 4. The Morgan fingerprint density at radius 1 is 1.00 bits per heavy atom. The summed E-state index contributed by atoms with van der Waals surface area (Å²) in [5, 5.41) is 3.23. The minimum atomic E-state index is -3.35. The minimum absolute atomic E-state index is 0.00156. The van der Waals surface area contributed by atoms with Crippen molar-refractivity contribution in [1.29, 1.82) is 0 Å². The summed E-state index contributed by atoms with van der Waals surface area (Å²) in [7, 11) is -5.26.